The Hall–Kier alpha value is -2.38. The number of carbonyl (C=O) groups is 1. The zero-order valence-electron chi connectivity index (χ0n) is 18.5. The van der Waals surface area contributed by atoms with Gasteiger partial charge in [0.05, 0.1) is 11.0 Å². The number of piperidine rings is 1. The van der Waals surface area contributed by atoms with Gasteiger partial charge in [-0.25, -0.2) is 8.42 Å². The van der Waals surface area contributed by atoms with Crippen LogP contribution in [0, 0.1) is 6.92 Å². The molecule has 6 nitrogen and oxygen atoms in total. The highest BCUT2D eigenvalue weighted by molar-refractivity contribution is 7.89. The molecule has 0 saturated carbocycles. The molecule has 1 saturated heterocycles. The van der Waals surface area contributed by atoms with Gasteiger partial charge in [0.15, 0.2) is 0 Å². The van der Waals surface area contributed by atoms with Crippen LogP contribution in [0.25, 0.3) is 0 Å². The summed E-state index contributed by atoms with van der Waals surface area (Å²) in [6, 6.07) is 14.9. The summed E-state index contributed by atoms with van der Waals surface area (Å²) < 4.78 is 33.3. The number of amides is 1. The summed E-state index contributed by atoms with van der Waals surface area (Å²) in [7, 11) is -3.56. The Kier molecular flexibility index (Phi) is 7.73. The lowest BCUT2D eigenvalue weighted by Gasteiger charge is -2.31. The summed E-state index contributed by atoms with van der Waals surface area (Å²) >= 11 is 0. The van der Waals surface area contributed by atoms with Gasteiger partial charge in [0.2, 0.25) is 15.9 Å². The van der Waals surface area contributed by atoms with Crippen LogP contribution in [0.2, 0.25) is 0 Å². The molecule has 31 heavy (non-hydrogen) atoms. The maximum absolute atomic E-state index is 13.1. The molecule has 1 heterocycles. The van der Waals surface area contributed by atoms with Gasteiger partial charge in [0.25, 0.3) is 0 Å². The highest BCUT2D eigenvalue weighted by Gasteiger charge is 2.30. The van der Waals surface area contributed by atoms with Crippen molar-refractivity contribution in [1.82, 2.24) is 9.62 Å². The first kappa shape index (κ1) is 23.3. The smallest absolute Gasteiger partial charge is 0.243 e. The highest BCUT2D eigenvalue weighted by Crippen LogP contribution is 2.26. The third-order valence-corrected chi connectivity index (χ3v) is 7.34. The Labute approximate surface area is 185 Å². The van der Waals surface area contributed by atoms with Gasteiger partial charge in [-0.2, -0.15) is 4.31 Å². The van der Waals surface area contributed by atoms with E-state index in [9.17, 15) is 13.2 Å². The van der Waals surface area contributed by atoms with E-state index in [0.29, 0.717) is 44.5 Å². The second-order valence-electron chi connectivity index (χ2n) is 8.33. The molecule has 0 bridgehead atoms. The second-order valence-corrected chi connectivity index (χ2v) is 10.3. The van der Waals surface area contributed by atoms with Crippen molar-refractivity contribution in [3.05, 3.63) is 59.7 Å². The van der Waals surface area contributed by atoms with Crippen LogP contribution in [0.4, 0.5) is 0 Å². The summed E-state index contributed by atoms with van der Waals surface area (Å²) in [6.07, 6.45) is 2.40. The quantitative estimate of drug-likeness (QED) is 0.674. The van der Waals surface area contributed by atoms with E-state index in [4.69, 9.17) is 4.74 Å². The minimum Gasteiger partial charge on any atom is -0.491 e. The van der Waals surface area contributed by atoms with E-state index in [0.717, 1.165) is 11.1 Å². The Bertz CT molecular complexity index is 982. The number of hydrogen-bond acceptors (Lipinski definition) is 4. The molecule has 0 radical (unpaired) electrons. The number of sulfonamides is 1. The van der Waals surface area contributed by atoms with Crippen LogP contribution in [-0.2, 0) is 21.2 Å². The fourth-order valence-corrected chi connectivity index (χ4v) is 5.32. The molecule has 0 atom stereocenters. The van der Waals surface area contributed by atoms with E-state index < -0.39 is 10.0 Å². The van der Waals surface area contributed by atoms with Crippen LogP contribution in [0.1, 0.15) is 44.2 Å². The van der Waals surface area contributed by atoms with Gasteiger partial charge in [-0.3, -0.25) is 4.79 Å². The summed E-state index contributed by atoms with van der Waals surface area (Å²) in [5.74, 6) is 0.715. The summed E-state index contributed by atoms with van der Waals surface area (Å²) in [5, 5.41) is 3.06. The van der Waals surface area contributed by atoms with Crippen LogP contribution in [0.5, 0.6) is 5.75 Å². The maximum Gasteiger partial charge on any atom is 0.243 e. The largest absolute Gasteiger partial charge is 0.491 e. The Morgan fingerprint density at radius 3 is 2.42 bits per heavy atom. The van der Waals surface area contributed by atoms with Crippen molar-refractivity contribution in [3.63, 3.8) is 0 Å². The third-order valence-electron chi connectivity index (χ3n) is 5.45. The van der Waals surface area contributed by atoms with Crippen LogP contribution < -0.4 is 10.1 Å². The molecule has 7 heteroatoms. The van der Waals surface area contributed by atoms with Gasteiger partial charge in [-0.05, 0) is 69.4 Å². The zero-order chi connectivity index (χ0) is 22.4. The van der Waals surface area contributed by atoms with E-state index in [2.05, 4.69) is 5.32 Å². The topological polar surface area (TPSA) is 75.7 Å². The van der Waals surface area contributed by atoms with Gasteiger partial charge < -0.3 is 10.1 Å². The molecule has 0 aromatic heterocycles. The Morgan fingerprint density at radius 1 is 1.13 bits per heavy atom. The molecule has 1 fully saturated rings. The average Bonchev–Trinajstić information content (AvgIpc) is 2.74. The molecule has 1 N–H and O–H groups in total. The molecule has 0 aliphatic carbocycles. The SMILES string of the molecule is Cc1cc(S(=O)(=O)N2CCC(NC(=O)CCc3ccccc3)CC2)ccc1OC(C)C. The number of benzene rings is 2. The molecule has 2 aromatic carbocycles. The minimum absolute atomic E-state index is 0.0123. The van der Waals surface area contributed by atoms with E-state index >= 15 is 0 Å². The summed E-state index contributed by atoms with van der Waals surface area (Å²) in [4.78, 5) is 12.6. The molecule has 0 unspecified atom stereocenters. The predicted molar refractivity (Wildman–Crippen MR) is 122 cm³/mol. The maximum atomic E-state index is 13.1. The van der Waals surface area contributed by atoms with E-state index in [1.165, 1.54) is 4.31 Å². The van der Waals surface area contributed by atoms with E-state index in [-0.39, 0.29) is 22.9 Å². The summed E-state index contributed by atoms with van der Waals surface area (Å²) in [5.41, 5.74) is 1.94. The van der Waals surface area contributed by atoms with Gasteiger partial charge in [-0.15, -0.1) is 0 Å². The average molecular weight is 445 g/mol. The molecular weight excluding hydrogens is 412 g/mol. The minimum atomic E-state index is -3.56. The number of nitrogens with one attached hydrogen (secondary N) is 1. The van der Waals surface area contributed by atoms with Crippen molar-refractivity contribution in [2.75, 3.05) is 13.1 Å². The number of aryl methyl sites for hydroxylation is 2. The lowest BCUT2D eigenvalue weighted by atomic mass is 10.1. The molecule has 3 rings (SSSR count). The van der Waals surface area contributed by atoms with Crippen LogP contribution >= 0.6 is 0 Å². The number of rotatable bonds is 8. The molecular formula is C24H32N2O4S. The highest BCUT2D eigenvalue weighted by atomic mass is 32.2. The van der Waals surface area contributed by atoms with E-state index in [1.807, 2.05) is 51.1 Å². The first-order valence-electron chi connectivity index (χ1n) is 10.9. The van der Waals surface area contributed by atoms with Gasteiger partial charge in [-0.1, -0.05) is 30.3 Å². The number of carbonyl (C=O) groups excluding carboxylic acids is 1. The van der Waals surface area contributed by atoms with Gasteiger partial charge >= 0.3 is 0 Å². The van der Waals surface area contributed by atoms with Crippen molar-refractivity contribution in [1.29, 1.82) is 0 Å². The van der Waals surface area contributed by atoms with Crippen molar-refractivity contribution in [2.24, 2.45) is 0 Å². The van der Waals surface area contributed by atoms with Crippen molar-refractivity contribution in [2.45, 2.75) is 63.5 Å². The zero-order valence-corrected chi connectivity index (χ0v) is 19.3. The predicted octanol–water partition coefficient (Wildman–Crippen LogP) is 3.68. The number of ether oxygens (including phenoxy) is 1. The fourth-order valence-electron chi connectivity index (χ4n) is 3.76. The normalized spacial score (nSPS) is 15.7. The van der Waals surface area contributed by atoms with Crippen LogP contribution in [-0.4, -0.2) is 43.9 Å². The molecule has 1 amide bonds. The van der Waals surface area contributed by atoms with Crippen molar-refractivity contribution in [3.8, 4) is 5.75 Å². The lowest BCUT2D eigenvalue weighted by Crippen LogP contribution is -2.46. The molecule has 1 aliphatic rings. The number of nitrogens with zero attached hydrogens (tertiary/aromatic N) is 1. The molecule has 1 aliphatic heterocycles. The molecule has 2 aromatic rings. The summed E-state index contributed by atoms with van der Waals surface area (Å²) in [6.45, 7) is 6.53. The number of hydrogen-bond donors (Lipinski definition) is 1. The van der Waals surface area contributed by atoms with Crippen LogP contribution in [0.15, 0.2) is 53.4 Å². The van der Waals surface area contributed by atoms with Crippen molar-refractivity contribution >= 4 is 15.9 Å². The lowest BCUT2D eigenvalue weighted by molar-refractivity contribution is -0.122. The van der Waals surface area contributed by atoms with Crippen LogP contribution in [0.3, 0.4) is 0 Å². The first-order valence-corrected chi connectivity index (χ1v) is 12.3. The van der Waals surface area contributed by atoms with Gasteiger partial charge in [0, 0.05) is 25.6 Å². The monoisotopic (exact) mass is 444 g/mol. The first-order chi connectivity index (χ1) is 14.8. The standard InChI is InChI=1S/C24H32N2O4S/c1-18(2)30-23-11-10-22(17-19(23)3)31(28,29)26-15-13-21(14-16-26)25-24(27)12-9-20-7-5-4-6-8-20/h4-8,10-11,17-18,21H,9,12-16H2,1-3H3,(H,25,27). The van der Waals surface area contributed by atoms with Gasteiger partial charge in [0.1, 0.15) is 5.75 Å². The molecule has 168 valence electrons. The van der Waals surface area contributed by atoms with E-state index in [1.54, 1.807) is 18.2 Å². The second kappa shape index (κ2) is 10.3. The Morgan fingerprint density at radius 2 is 1.81 bits per heavy atom. The van der Waals surface area contributed by atoms with Crippen molar-refractivity contribution < 1.29 is 17.9 Å². The fraction of sp³-hybridized carbons (Fsp3) is 0.458. The molecule has 0 spiro atoms. The third kappa shape index (κ3) is 6.31. The Balaban J connectivity index is 1.52.